The summed E-state index contributed by atoms with van der Waals surface area (Å²) in [7, 11) is 0. The Hall–Kier alpha value is -3.91. The van der Waals surface area contributed by atoms with Crippen molar-refractivity contribution in [1.29, 1.82) is 0 Å². The average molecular weight is 508 g/mol. The lowest BCUT2D eigenvalue weighted by molar-refractivity contribution is 0.0955. The Labute approximate surface area is 217 Å². The third kappa shape index (κ3) is 6.20. The van der Waals surface area contributed by atoms with E-state index in [4.69, 9.17) is 16.3 Å². The first-order chi connectivity index (χ1) is 17.6. The third-order valence-corrected chi connectivity index (χ3v) is 5.94. The lowest BCUT2D eigenvalue weighted by atomic mass is 10.0. The minimum atomic E-state index is -0.443. The molecule has 1 unspecified atom stereocenters. The monoisotopic (exact) mass is 507 g/mol. The van der Waals surface area contributed by atoms with Crippen molar-refractivity contribution in [3.63, 3.8) is 0 Å². The maximum absolute atomic E-state index is 12.3. The van der Waals surface area contributed by atoms with E-state index in [0.717, 1.165) is 27.6 Å². The first kappa shape index (κ1) is 25.2. The van der Waals surface area contributed by atoms with Crippen LogP contribution >= 0.6 is 11.6 Å². The van der Waals surface area contributed by atoms with Gasteiger partial charge < -0.3 is 20.3 Å². The predicted octanol–water partition coefficient (Wildman–Crippen LogP) is 5.16. The van der Waals surface area contributed by atoms with E-state index < -0.39 is 5.91 Å². The third-order valence-electron chi connectivity index (χ3n) is 5.63. The van der Waals surface area contributed by atoms with Crippen LogP contribution in [0.25, 0.3) is 10.8 Å². The number of fused-ring (bicyclic) bond motifs is 1. The maximum atomic E-state index is 12.3. The van der Waals surface area contributed by atoms with E-state index in [1.807, 2.05) is 66.7 Å². The number of rotatable bonds is 10. The summed E-state index contributed by atoms with van der Waals surface area (Å²) >= 11 is 5.87. The van der Waals surface area contributed by atoms with Gasteiger partial charge in [-0.15, -0.1) is 0 Å². The van der Waals surface area contributed by atoms with Crippen molar-refractivity contribution in [2.75, 3.05) is 19.8 Å². The van der Waals surface area contributed by atoms with E-state index in [0.29, 0.717) is 13.2 Å². The molecule has 4 N–H and O–H groups in total. The zero-order chi connectivity index (χ0) is 25.3. The molecule has 0 fully saturated rings. The number of benzene rings is 4. The number of amides is 1. The highest BCUT2D eigenvalue weighted by Crippen LogP contribution is 2.28. The first-order valence-corrected chi connectivity index (χ1v) is 11.8. The van der Waals surface area contributed by atoms with Crippen LogP contribution in [0.15, 0.2) is 90.0 Å². The van der Waals surface area contributed by atoms with E-state index in [1.54, 1.807) is 6.21 Å². The molecule has 0 aliphatic rings. The van der Waals surface area contributed by atoms with Gasteiger partial charge in [-0.2, -0.15) is 5.10 Å². The molecule has 0 saturated carbocycles. The molecule has 7 nitrogen and oxygen atoms in total. The van der Waals surface area contributed by atoms with Gasteiger partial charge in [0.2, 0.25) is 0 Å². The van der Waals surface area contributed by atoms with Crippen LogP contribution in [0.2, 0.25) is 5.02 Å². The highest BCUT2D eigenvalue weighted by Gasteiger charge is 2.10. The SMILES string of the molecule is O=C(N/N=C/c1ccc(OCCNC(CO)c2ccccc2)c2ccccc12)c1ccc(O)c(Cl)c1.[HH].[HH]. The standard InChI is InChI=1S/C28H26ClN3O4.2H2/c29-24-16-20(10-12-26(24)34)28(35)32-31-17-21-11-13-27(23-9-5-4-8-22(21)23)36-15-14-30-25(18-33)19-6-2-1-3-7-19;;/h1-13,16-17,25,30,33-34H,14-15,18H2,(H,32,35);2*1H/b31-17+;;. The van der Waals surface area contributed by atoms with Gasteiger partial charge in [0.05, 0.1) is 23.9 Å². The molecule has 4 aromatic rings. The van der Waals surface area contributed by atoms with Crippen molar-refractivity contribution < 1.29 is 22.6 Å². The molecule has 0 aliphatic carbocycles. The summed E-state index contributed by atoms with van der Waals surface area (Å²) in [5, 5.41) is 28.5. The Bertz CT molecular complexity index is 1370. The summed E-state index contributed by atoms with van der Waals surface area (Å²) in [6.45, 7) is 0.980. The topological polar surface area (TPSA) is 103 Å². The number of aliphatic hydroxyl groups is 1. The summed E-state index contributed by atoms with van der Waals surface area (Å²) in [6, 6.07) is 25.4. The number of phenolic OH excluding ortho intramolecular Hbond substituents is 1. The fourth-order valence-electron chi connectivity index (χ4n) is 3.77. The van der Waals surface area contributed by atoms with E-state index in [1.165, 1.54) is 18.2 Å². The fraction of sp³-hybridized carbons (Fsp3) is 0.143. The van der Waals surface area contributed by atoms with Crippen LogP contribution in [0.4, 0.5) is 0 Å². The predicted molar refractivity (Wildman–Crippen MR) is 146 cm³/mol. The van der Waals surface area contributed by atoms with Crippen molar-refractivity contribution >= 4 is 34.5 Å². The summed E-state index contributed by atoms with van der Waals surface area (Å²) in [6.07, 6.45) is 1.57. The lowest BCUT2D eigenvalue weighted by Gasteiger charge is -2.17. The van der Waals surface area contributed by atoms with Gasteiger partial charge in [-0.05, 0) is 41.3 Å². The van der Waals surface area contributed by atoms with Gasteiger partial charge in [0, 0.05) is 25.9 Å². The Morgan fingerprint density at radius 2 is 1.78 bits per heavy atom. The van der Waals surface area contributed by atoms with E-state index in [2.05, 4.69) is 15.8 Å². The number of nitrogens with one attached hydrogen (secondary N) is 2. The van der Waals surface area contributed by atoms with Gasteiger partial charge in [-0.25, -0.2) is 5.43 Å². The average Bonchev–Trinajstić information content (AvgIpc) is 2.91. The van der Waals surface area contributed by atoms with Crippen molar-refractivity contribution in [2.45, 2.75) is 6.04 Å². The zero-order valence-corrected chi connectivity index (χ0v) is 20.2. The smallest absolute Gasteiger partial charge is 0.271 e. The number of hydrogen-bond donors (Lipinski definition) is 4. The minimum absolute atomic E-state index is 0. The van der Waals surface area contributed by atoms with Crippen LogP contribution in [0, 0.1) is 0 Å². The lowest BCUT2D eigenvalue weighted by Crippen LogP contribution is -2.28. The number of aromatic hydroxyl groups is 1. The van der Waals surface area contributed by atoms with Crippen molar-refractivity contribution in [2.24, 2.45) is 5.10 Å². The Morgan fingerprint density at radius 3 is 2.53 bits per heavy atom. The molecule has 1 amide bonds. The van der Waals surface area contributed by atoms with Crippen LogP contribution in [-0.4, -0.2) is 42.1 Å². The Balaban J connectivity index is 0.00000253. The van der Waals surface area contributed by atoms with Crippen LogP contribution in [0.3, 0.4) is 0 Å². The number of phenols is 1. The summed E-state index contributed by atoms with van der Waals surface area (Å²) in [5.74, 6) is 0.194. The van der Waals surface area contributed by atoms with Crippen molar-refractivity contribution in [3.05, 3.63) is 107 Å². The summed E-state index contributed by atoms with van der Waals surface area (Å²) in [4.78, 5) is 12.3. The van der Waals surface area contributed by atoms with E-state index in [-0.39, 0.29) is 31.8 Å². The van der Waals surface area contributed by atoms with Crippen LogP contribution in [0.1, 0.15) is 30.4 Å². The zero-order valence-electron chi connectivity index (χ0n) is 19.4. The largest absolute Gasteiger partial charge is 0.506 e. The number of carbonyl (C=O) groups is 1. The van der Waals surface area contributed by atoms with Crippen LogP contribution in [0.5, 0.6) is 11.5 Å². The summed E-state index contributed by atoms with van der Waals surface area (Å²) < 4.78 is 6.04. The summed E-state index contributed by atoms with van der Waals surface area (Å²) in [5.41, 5.74) is 4.59. The number of aliphatic hydroxyl groups excluding tert-OH is 1. The molecule has 36 heavy (non-hydrogen) atoms. The number of carbonyl (C=O) groups excluding carboxylic acids is 1. The van der Waals surface area contributed by atoms with Gasteiger partial charge >= 0.3 is 0 Å². The van der Waals surface area contributed by atoms with Gasteiger partial charge in [-0.3, -0.25) is 4.79 Å². The van der Waals surface area contributed by atoms with Crippen LogP contribution in [-0.2, 0) is 0 Å². The second-order valence-corrected chi connectivity index (χ2v) is 8.42. The molecule has 0 aliphatic heterocycles. The number of halogens is 1. The number of hydrogen-bond acceptors (Lipinski definition) is 6. The van der Waals surface area contributed by atoms with Gasteiger partial charge in [0.25, 0.3) is 5.91 Å². The fourth-order valence-corrected chi connectivity index (χ4v) is 3.95. The Kier molecular flexibility index (Phi) is 8.52. The number of hydrazone groups is 1. The molecule has 4 rings (SSSR count). The number of nitrogens with zero attached hydrogens (tertiary/aromatic N) is 1. The second-order valence-electron chi connectivity index (χ2n) is 8.01. The molecule has 0 spiro atoms. The quantitative estimate of drug-likeness (QED) is 0.135. The molecule has 4 aromatic carbocycles. The highest BCUT2D eigenvalue weighted by atomic mass is 35.5. The van der Waals surface area contributed by atoms with Gasteiger partial charge in [0.15, 0.2) is 0 Å². The van der Waals surface area contributed by atoms with Crippen molar-refractivity contribution in [1.82, 2.24) is 10.7 Å². The molecular formula is C28H30ClN3O4. The Morgan fingerprint density at radius 1 is 1.03 bits per heavy atom. The van der Waals surface area contributed by atoms with E-state index >= 15 is 0 Å². The number of ether oxygens (including phenoxy) is 1. The molecule has 188 valence electrons. The minimum Gasteiger partial charge on any atom is -0.506 e. The second kappa shape index (κ2) is 12.2. The molecule has 0 saturated heterocycles. The molecule has 8 heteroatoms. The molecule has 0 heterocycles. The molecule has 0 bridgehead atoms. The molecular weight excluding hydrogens is 478 g/mol. The highest BCUT2D eigenvalue weighted by molar-refractivity contribution is 6.32. The molecule has 0 radical (unpaired) electrons. The van der Waals surface area contributed by atoms with Gasteiger partial charge in [-0.1, -0.05) is 66.2 Å². The first-order valence-electron chi connectivity index (χ1n) is 11.4. The van der Waals surface area contributed by atoms with Crippen molar-refractivity contribution in [3.8, 4) is 11.5 Å². The molecule has 0 aromatic heterocycles. The van der Waals surface area contributed by atoms with Crippen LogP contribution < -0.4 is 15.5 Å². The maximum Gasteiger partial charge on any atom is 0.271 e. The normalized spacial score (nSPS) is 12.1. The van der Waals surface area contributed by atoms with Gasteiger partial charge in [0.1, 0.15) is 18.1 Å². The molecule has 1 atom stereocenters. The van der Waals surface area contributed by atoms with E-state index in [9.17, 15) is 15.0 Å².